The van der Waals surface area contributed by atoms with E-state index in [0.717, 1.165) is 23.7 Å². The lowest BCUT2D eigenvalue weighted by atomic mass is 9.81. The van der Waals surface area contributed by atoms with E-state index in [1.165, 1.54) is 19.3 Å². The van der Waals surface area contributed by atoms with Crippen LogP contribution in [0.4, 0.5) is 0 Å². The zero-order valence-electron chi connectivity index (χ0n) is 7.64. The fourth-order valence-corrected chi connectivity index (χ4v) is 3.04. The largest absolute Gasteiger partial charge is 0.0993 e. The standard InChI is InChI=1S/C11H18/c1-7(2)11-6-9-4-5-10(11)8(9)3/h7,9-11H,3-6H2,1-2H3. The van der Waals surface area contributed by atoms with E-state index in [-0.39, 0.29) is 0 Å². The molecule has 62 valence electrons. The minimum absolute atomic E-state index is 0.877. The van der Waals surface area contributed by atoms with Gasteiger partial charge < -0.3 is 0 Å². The van der Waals surface area contributed by atoms with Crippen molar-refractivity contribution < 1.29 is 0 Å². The van der Waals surface area contributed by atoms with Gasteiger partial charge in [-0.3, -0.25) is 0 Å². The molecule has 0 aromatic rings. The predicted octanol–water partition coefficient (Wildman–Crippen LogP) is 3.24. The van der Waals surface area contributed by atoms with Gasteiger partial charge in [0.1, 0.15) is 0 Å². The first-order valence-electron chi connectivity index (χ1n) is 4.89. The lowest BCUT2D eigenvalue weighted by molar-refractivity contribution is 0.260. The third-order valence-electron chi connectivity index (χ3n) is 3.76. The molecule has 0 aliphatic heterocycles. The molecule has 0 radical (unpaired) electrons. The van der Waals surface area contributed by atoms with Crippen molar-refractivity contribution in [2.24, 2.45) is 23.7 Å². The predicted molar refractivity (Wildman–Crippen MR) is 48.3 cm³/mol. The maximum Gasteiger partial charge on any atom is -0.0172 e. The Labute approximate surface area is 69.7 Å². The van der Waals surface area contributed by atoms with Crippen LogP contribution < -0.4 is 0 Å². The zero-order chi connectivity index (χ0) is 8.01. The molecule has 0 nitrogen and oxygen atoms in total. The van der Waals surface area contributed by atoms with Crippen molar-refractivity contribution in [3.8, 4) is 0 Å². The molecule has 2 fully saturated rings. The Morgan fingerprint density at radius 2 is 2.09 bits per heavy atom. The second-order valence-electron chi connectivity index (χ2n) is 4.60. The van der Waals surface area contributed by atoms with E-state index >= 15 is 0 Å². The number of allylic oxidation sites excluding steroid dienone is 1. The van der Waals surface area contributed by atoms with E-state index in [1.807, 2.05) is 0 Å². The Morgan fingerprint density at radius 3 is 2.36 bits per heavy atom. The number of rotatable bonds is 1. The van der Waals surface area contributed by atoms with Crippen LogP contribution in [-0.2, 0) is 0 Å². The average molecular weight is 150 g/mol. The third kappa shape index (κ3) is 0.953. The molecule has 0 heterocycles. The van der Waals surface area contributed by atoms with E-state index in [4.69, 9.17) is 0 Å². The molecule has 2 rings (SSSR count). The number of hydrogen-bond donors (Lipinski definition) is 0. The number of fused-ring (bicyclic) bond motifs is 2. The van der Waals surface area contributed by atoms with E-state index in [9.17, 15) is 0 Å². The molecule has 11 heavy (non-hydrogen) atoms. The maximum atomic E-state index is 4.21. The summed E-state index contributed by atoms with van der Waals surface area (Å²) in [5, 5.41) is 0. The summed E-state index contributed by atoms with van der Waals surface area (Å²) in [4.78, 5) is 0. The topological polar surface area (TPSA) is 0 Å². The van der Waals surface area contributed by atoms with E-state index in [0.29, 0.717) is 0 Å². The zero-order valence-corrected chi connectivity index (χ0v) is 7.64. The minimum atomic E-state index is 0.877. The highest BCUT2D eigenvalue weighted by Gasteiger charge is 2.43. The summed E-state index contributed by atoms with van der Waals surface area (Å²) < 4.78 is 0. The van der Waals surface area contributed by atoms with Crippen molar-refractivity contribution in [3.05, 3.63) is 12.2 Å². The molecule has 3 atom stereocenters. The molecular weight excluding hydrogens is 132 g/mol. The van der Waals surface area contributed by atoms with Crippen molar-refractivity contribution in [1.29, 1.82) is 0 Å². The van der Waals surface area contributed by atoms with Crippen LogP contribution in [0.15, 0.2) is 12.2 Å². The fourth-order valence-electron chi connectivity index (χ4n) is 3.04. The first kappa shape index (κ1) is 7.39. The van der Waals surface area contributed by atoms with Crippen molar-refractivity contribution in [1.82, 2.24) is 0 Å². The van der Waals surface area contributed by atoms with Gasteiger partial charge in [0.2, 0.25) is 0 Å². The summed E-state index contributed by atoms with van der Waals surface area (Å²) in [7, 11) is 0. The van der Waals surface area contributed by atoms with Crippen LogP contribution in [0.2, 0.25) is 0 Å². The molecule has 0 heteroatoms. The second kappa shape index (κ2) is 2.36. The molecule has 2 saturated carbocycles. The lowest BCUT2D eigenvalue weighted by Crippen LogP contribution is -2.16. The van der Waals surface area contributed by atoms with Gasteiger partial charge in [0.25, 0.3) is 0 Å². The van der Waals surface area contributed by atoms with Crippen LogP contribution in [0, 0.1) is 23.7 Å². The molecule has 2 aliphatic rings. The molecule has 0 spiro atoms. The molecule has 0 aromatic carbocycles. The van der Waals surface area contributed by atoms with Crippen molar-refractivity contribution in [2.75, 3.05) is 0 Å². The summed E-state index contributed by atoms with van der Waals surface area (Å²) >= 11 is 0. The first-order chi connectivity index (χ1) is 5.20. The summed E-state index contributed by atoms with van der Waals surface area (Å²) in [6.07, 6.45) is 4.32. The summed E-state index contributed by atoms with van der Waals surface area (Å²) in [6, 6.07) is 0. The van der Waals surface area contributed by atoms with Gasteiger partial charge in [0.15, 0.2) is 0 Å². The number of hydrogen-bond acceptors (Lipinski definition) is 0. The summed E-state index contributed by atoms with van der Waals surface area (Å²) in [6.45, 7) is 8.93. The second-order valence-corrected chi connectivity index (χ2v) is 4.60. The van der Waals surface area contributed by atoms with E-state index in [1.54, 1.807) is 5.57 Å². The lowest BCUT2D eigenvalue weighted by Gasteiger charge is -2.24. The molecule has 0 aromatic heterocycles. The Kier molecular flexibility index (Phi) is 1.59. The molecule has 0 saturated heterocycles. The Balaban J connectivity index is 2.15. The maximum absolute atomic E-state index is 4.21. The average Bonchev–Trinajstić information content (AvgIpc) is 2.46. The van der Waals surface area contributed by atoms with Gasteiger partial charge in [-0.05, 0) is 42.9 Å². The molecule has 0 amide bonds. The van der Waals surface area contributed by atoms with Gasteiger partial charge in [0.05, 0.1) is 0 Å². The Morgan fingerprint density at radius 1 is 1.36 bits per heavy atom. The van der Waals surface area contributed by atoms with E-state index < -0.39 is 0 Å². The minimum Gasteiger partial charge on any atom is -0.0993 e. The van der Waals surface area contributed by atoms with Crippen LogP contribution in [0.5, 0.6) is 0 Å². The first-order valence-corrected chi connectivity index (χ1v) is 4.89. The Hall–Kier alpha value is -0.260. The van der Waals surface area contributed by atoms with Crippen molar-refractivity contribution in [3.63, 3.8) is 0 Å². The summed E-state index contributed by atoms with van der Waals surface area (Å²) in [5.41, 5.74) is 1.59. The van der Waals surface area contributed by atoms with Gasteiger partial charge in [0, 0.05) is 0 Å². The van der Waals surface area contributed by atoms with Gasteiger partial charge >= 0.3 is 0 Å². The monoisotopic (exact) mass is 150 g/mol. The smallest absolute Gasteiger partial charge is 0.0172 e. The Bertz CT molecular complexity index is 178. The van der Waals surface area contributed by atoms with Gasteiger partial charge in [-0.15, -0.1) is 0 Å². The van der Waals surface area contributed by atoms with Gasteiger partial charge in [-0.25, -0.2) is 0 Å². The van der Waals surface area contributed by atoms with Crippen LogP contribution >= 0.6 is 0 Å². The fraction of sp³-hybridized carbons (Fsp3) is 0.818. The van der Waals surface area contributed by atoms with Crippen LogP contribution in [0.25, 0.3) is 0 Å². The van der Waals surface area contributed by atoms with Gasteiger partial charge in [-0.1, -0.05) is 26.0 Å². The molecule has 2 bridgehead atoms. The molecular formula is C11H18. The quantitative estimate of drug-likeness (QED) is 0.503. The van der Waals surface area contributed by atoms with Crippen molar-refractivity contribution >= 4 is 0 Å². The molecule has 0 N–H and O–H groups in total. The third-order valence-corrected chi connectivity index (χ3v) is 3.76. The molecule has 3 unspecified atom stereocenters. The van der Waals surface area contributed by atoms with Crippen LogP contribution in [0.1, 0.15) is 33.1 Å². The summed E-state index contributed by atoms with van der Waals surface area (Å²) in [5.74, 6) is 3.66. The highest BCUT2D eigenvalue weighted by molar-refractivity contribution is 5.19. The van der Waals surface area contributed by atoms with Gasteiger partial charge in [-0.2, -0.15) is 0 Å². The SMILES string of the molecule is C=C1C2CCC1C(C(C)C)C2. The highest BCUT2D eigenvalue weighted by atomic mass is 14.5. The van der Waals surface area contributed by atoms with Crippen LogP contribution in [-0.4, -0.2) is 0 Å². The van der Waals surface area contributed by atoms with Crippen molar-refractivity contribution in [2.45, 2.75) is 33.1 Å². The normalized spacial score (nSPS) is 42.5. The molecule has 2 aliphatic carbocycles. The van der Waals surface area contributed by atoms with Crippen LogP contribution in [0.3, 0.4) is 0 Å². The van der Waals surface area contributed by atoms with E-state index in [2.05, 4.69) is 20.4 Å². The highest BCUT2D eigenvalue weighted by Crippen LogP contribution is 2.53.